The van der Waals surface area contributed by atoms with Crippen LogP contribution in [0.25, 0.3) is 156 Å². The number of benzene rings is 18. The van der Waals surface area contributed by atoms with E-state index in [1.807, 2.05) is 249 Å². The first-order valence-electron chi connectivity index (χ1n) is 56.7. The summed E-state index contributed by atoms with van der Waals surface area (Å²) in [5.41, 5.74) is 40.4. The van der Waals surface area contributed by atoms with Crippen LogP contribution in [-0.2, 0) is 0 Å². The molecule has 0 N–H and O–H groups in total. The summed E-state index contributed by atoms with van der Waals surface area (Å²) in [6.45, 7) is 80.8. The molecule has 0 amide bonds. The maximum absolute atomic E-state index is 2.38. The van der Waals surface area contributed by atoms with Crippen LogP contribution < -0.4 is 0 Å². The fourth-order valence-electron chi connectivity index (χ4n) is 15.3. The van der Waals surface area contributed by atoms with Crippen LogP contribution in [0.1, 0.15) is 272 Å². The van der Waals surface area contributed by atoms with E-state index in [1.165, 1.54) is 178 Å². The zero-order valence-corrected chi connectivity index (χ0v) is 99.9. The summed E-state index contributed by atoms with van der Waals surface area (Å²) in [5, 5.41) is 0. The normalized spacial score (nSPS) is 8.81. The second-order valence-corrected chi connectivity index (χ2v) is 28.3. The third-order valence-electron chi connectivity index (χ3n) is 21.0. The second kappa shape index (κ2) is 92.8. The van der Waals surface area contributed by atoms with Crippen LogP contribution in [0.4, 0.5) is 0 Å². The molecule has 0 aliphatic carbocycles. The van der Waals surface area contributed by atoms with Gasteiger partial charge >= 0.3 is 0 Å². The third kappa shape index (κ3) is 44.7. The van der Waals surface area contributed by atoms with Crippen LogP contribution in [0.2, 0.25) is 0 Å². The van der Waals surface area contributed by atoms with E-state index in [9.17, 15) is 0 Å². The van der Waals surface area contributed by atoms with E-state index in [-0.39, 0.29) is 0 Å². The van der Waals surface area contributed by atoms with Crippen molar-refractivity contribution in [1.29, 1.82) is 0 Å². The molecule has 0 saturated heterocycles. The Kier molecular flexibility index (Phi) is 87.9. The van der Waals surface area contributed by atoms with Crippen molar-refractivity contribution in [3.8, 4) is 156 Å². The first-order chi connectivity index (χ1) is 73.3. The van der Waals surface area contributed by atoms with Gasteiger partial charge in [0.2, 0.25) is 0 Å². The standard InChI is InChI=1S/2C31H24.2C25H20.18C2H6/c1-23-13-11-12-20-28(23)31-29(25-16-7-3-8-17-25)21-27(24-14-5-2-6-15-24)22-30(31)26-18-9-4-10-19-26;1-23-13-11-12-20-27(23)31-22-29(25-16-7-3-8-17-25)28(24-14-5-2-6-15-24)21-30(31)26-18-9-4-10-19-26;1-19-11-8-9-16-22(19)25-23(20-12-4-2-5-13-20)17-10-18-24(25)21-14-6-3-7-15-21;1-19-10-8-9-15-23(19)25-18-22(20-11-4-2-5-12-20)16-17-24(25)21-13-6-3-7-14-21;18*1-2/h2*2-22H,1H3;2*2-18H,1H3;18*1-2H3. The maximum atomic E-state index is 2.38. The van der Waals surface area contributed by atoms with Gasteiger partial charge in [-0.1, -0.05) is 680 Å². The van der Waals surface area contributed by atoms with Crippen molar-refractivity contribution in [2.75, 3.05) is 0 Å². The first-order valence-corrected chi connectivity index (χ1v) is 56.7. The number of hydrogen-bond donors (Lipinski definition) is 0. The van der Waals surface area contributed by atoms with Crippen LogP contribution in [0.3, 0.4) is 0 Å². The molecule has 0 heteroatoms. The van der Waals surface area contributed by atoms with Crippen molar-refractivity contribution in [3.63, 3.8) is 0 Å². The molecule has 18 rings (SSSR count). The van der Waals surface area contributed by atoms with E-state index in [2.05, 4.69) is 489 Å². The van der Waals surface area contributed by atoms with Gasteiger partial charge in [0.25, 0.3) is 0 Å². The van der Waals surface area contributed by atoms with Gasteiger partial charge in [-0.3, -0.25) is 0 Å². The van der Waals surface area contributed by atoms with Gasteiger partial charge < -0.3 is 0 Å². The Balaban J connectivity index is -0.000000847. The largest absolute Gasteiger partial charge is 0.0683 e. The molecule has 18 aromatic rings. The molecule has 0 atom stereocenters. The summed E-state index contributed by atoms with van der Waals surface area (Å²) >= 11 is 0. The van der Waals surface area contributed by atoms with Gasteiger partial charge in [0.15, 0.2) is 0 Å². The first kappa shape index (κ1) is 140. The topological polar surface area (TPSA) is 0 Å². The molecule has 0 heterocycles. The summed E-state index contributed by atoms with van der Waals surface area (Å²) in [4.78, 5) is 0. The summed E-state index contributed by atoms with van der Waals surface area (Å²) in [5.74, 6) is 0. The minimum absolute atomic E-state index is 1.23. The Morgan fingerprint density at radius 1 is 0.0811 bits per heavy atom. The van der Waals surface area contributed by atoms with Gasteiger partial charge in [0, 0.05) is 0 Å². The maximum Gasteiger partial charge on any atom is -0.00237 e. The Labute approximate surface area is 909 Å². The molecule has 788 valence electrons. The summed E-state index contributed by atoms with van der Waals surface area (Å²) in [6, 6.07) is 164. The fraction of sp³-hybridized carbons (Fsp3) is 0.270. The smallest absolute Gasteiger partial charge is 0.00237 e. The minimum atomic E-state index is 1.23. The average molecular weight is 1980 g/mol. The Bertz CT molecular complexity index is 5960. The molecule has 0 spiro atoms. The van der Waals surface area contributed by atoms with Crippen molar-refractivity contribution in [2.45, 2.75) is 277 Å². The monoisotopic (exact) mass is 1970 g/mol. The van der Waals surface area contributed by atoms with Crippen molar-refractivity contribution < 1.29 is 0 Å². The highest BCUT2D eigenvalue weighted by atomic mass is 14.3. The van der Waals surface area contributed by atoms with Crippen molar-refractivity contribution in [3.05, 3.63) is 483 Å². The molecule has 0 fully saturated rings. The van der Waals surface area contributed by atoms with E-state index in [0.717, 1.165) is 0 Å². The molecule has 0 aliphatic heterocycles. The van der Waals surface area contributed by atoms with E-state index in [4.69, 9.17) is 0 Å². The Morgan fingerprint density at radius 3 is 0.480 bits per heavy atom. The SMILES string of the molecule is CC.CC.CC.CC.CC.CC.CC.CC.CC.CC.CC.CC.CC.CC.CC.CC.CC.CC.Cc1ccccc1-c1c(-c2ccccc2)cc(-c2ccccc2)cc1-c1ccccc1.Cc1ccccc1-c1c(-c2ccccc2)cccc1-c1ccccc1.Cc1ccccc1-c1cc(-c2ccccc2)c(-c2ccccc2)cc1-c1ccccc1.Cc1ccccc1-c1cc(-c2ccccc2)ccc1-c1ccccc1. The molecule has 0 aliphatic rings. The van der Waals surface area contributed by atoms with Crippen molar-refractivity contribution >= 4 is 0 Å². The summed E-state index contributed by atoms with van der Waals surface area (Å²) in [7, 11) is 0. The van der Waals surface area contributed by atoms with Gasteiger partial charge in [-0.25, -0.2) is 0 Å². The lowest BCUT2D eigenvalue weighted by Crippen LogP contribution is -1.94. The highest BCUT2D eigenvalue weighted by molar-refractivity contribution is 6.00. The van der Waals surface area contributed by atoms with Crippen LogP contribution in [-0.4, -0.2) is 0 Å². The molecule has 0 unspecified atom stereocenters. The predicted molar refractivity (Wildman–Crippen MR) is 685 cm³/mol. The minimum Gasteiger partial charge on any atom is -0.0683 e. The highest BCUT2D eigenvalue weighted by Crippen LogP contribution is 2.47. The van der Waals surface area contributed by atoms with Gasteiger partial charge in [-0.05, 0) is 236 Å². The lowest BCUT2D eigenvalue weighted by molar-refractivity contribution is 1.45. The molecular formula is C148H196. The van der Waals surface area contributed by atoms with Crippen molar-refractivity contribution in [2.24, 2.45) is 0 Å². The van der Waals surface area contributed by atoms with Crippen LogP contribution >= 0.6 is 0 Å². The van der Waals surface area contributed by atoms with Crippen molar-refractivity contribution in [1.82, 2.24) is 0 Å². The molecule has 18 aromatic carbocycles. The van der Waals surface area contributed by atoms with E-state index in [1.54, 1.807) is 0 Å². The molecule has 0 aromatic heterocycles. The number of hydrogen-bond acceptors (Lipinski definition) is 0. The zero-order valence-electron chi connectivity index (χ0n) is 99.9. The quantitative estimate of drug-likeness (QED) is 0.102. The average Bonchev–Trinajstić information content (AvgIpc) is 0.766. The molecule has 148 heavy (non-hydrogen) atoms. The fourth-order valence-corrected chi connectivity index (χ4v) is 15.3. The van der Waals surface area contributed by atoms with E-state index < -0.39 is 0 Å². The molecule has 0 bridgehead atoms. The third-order valence-corrected chi connectivity index (χ3v) is 21.0. The summed E-state index contributed by atoms with van der Waals surface area (Å²) < 4.78 is 0. The summed E-state index contributed by atoms with van der Waals surface area (Å²) in [6.07, 6.45) is 0. The highest BCUT2D eigenvalue weighted by Gasteiger charge is 2.22. The molecule has 0 saturated carbocycles. The Morgan fingerprint density at radius 2 is 0.236 bits per heavy atom. The van der Waals surface area contributed by atoms with Crippen LogP contribution in [0, 0.1) is 27.7 Å². The van der Waals surface area contributed by atoms with E-state index >= 15 is 0 Å². The van der Waals surface area contributed by atoms with Crippen LogP contribution in [0.5, 0.6) is 0 Å². The van der Waals surface area contributed by atoms with Gasteiger partial charge in [-0.2, -0.15) is 0 Å². The predicted octanol–water partition coefficient (Wildman–Crippen LogP) is 49.8. The number of rotatable bonds is 14. The second-order valence-electron chi connectivity index (χ2n) is 28.3. The zero-order chi connectivity index (χ0) is 112. The van der Waals surface area contributed by atoms with Gasteiger partial charge in [0.05, 0.1) is 0 Å². The number of aryl methyl sites for hydroxylation is 4. The molecular weight excluding hydrogens is 1780 g/mol. The lowest BCUT2D eigenvalue weighted by Gasteiger charge is -2.20. The Hall–Kier alpha value is -14.0. The van der Waals surface area contributed by atoms with E-state index in [0.29, 0.717) is 0 Å². The van der Waals surface area contributed by atoms with Gasteiger partial charge in [-0.15, -0.1) is 0 Å². The molecule has 0 radical (unpaired) electrons. The molecule has 0 nitrogen and oxygen atoms in total. The lowest BCUT2D eigenvalue weighted by atomic mass is 9.83. The van der Waals surface area contributed by atoms with Crippen LogP contribution in [0.15, 0.2) is 461 Å². The van der Waals surface area contributed by atoms with Gasteiger partial charge in [0.1, 0.15) is 0 Å².